The minimum Gasteiger partial charge on any atom is -0.328 e. The molecule has 3 aliphatic carbocycles. The topological polar surface area (TPSA) is 26.0 Å². The summed E-state index contributed by atoms with van der Waals surface area (Å²) in [6.07, 6.45) is 13.2. The highest BCUT2D eigenvalue weighted by molar-refractivity contribution is 4.91. The Kier molecular flexibility index (Phi) is 2.76. The van der Waals surface area contributed by atoms with Crippen LogP contribution in [0.25, 0.3) is 0 Å². The molecular weight excluding hydrogens is 182 g/mol. The van der Waals surface area contributed by atoms with Gasteiger partial charge in [-0.05, 0) is 55.8 Å². The molecule has 0 aromatic rings. The molecule has 0 aromatic heterocycles. The molecule has 3 fully saturated rings. The molecule has 4 unspecified atom stereocenters. The van der Waals surface area contributed by atoms with Crippen molar-refractivity contribution in [2.24, 2.45) is 29.4 Å². The molecule has 86 valence electrons. The van der Waals surface area contributed by atoms with Crippen LogP contribution >= 0.6 is 0 Å². The number of hydrogen-bond acceptors (Lipinski definition) is 1. The lowest BCUT2D eigenvalue weighted by Crippen LogP contribution is -2.30. The predicted molar refractivity (Wildman–Crippen MR) is 63.5 cm³/mol. The van der Waals surface area contributed by atoms with Gasteiger partial charge in [-0.3, -0.25) is 0 Å². The third-order valence-corrected chi connectivity index (χ3v) is 5.35. The summed E-state index contributed by atoms with van der Waals surface area (Å²) in [5.74, 6) is 4.18. The van der Waals surface area contributed by atoms with Gasteiger partial charge in [0.05, 0.1) is 0 Å². The highest BCUT2D eigenvalue weighted by Crippen LogP contribution is 2.50. The van der Waals surface area contributed by atoms with Crippen molar-refractivity contribution >= 4 is 0 Å². The van der Waals surface area contributed by atoms with Gasteiger partial charge in [0.2, 0.25) is 0 Å². The lowest BCUT2D eigenvalue weighted by Gasteiger charge is -2.30. The maximum absolute atomic E-state index is 6.30. The van der Waals surface area contributed by atoms with E-state index in [1.165, 1.54) is 51.4 Å². The highest BCUT2D eigenvalue weighted by Gasteiger charge is 2.39. The van der Waals surface area contributed by atoms with Crippen LogP contribution in [0.1, 0.15) is 57.8 Å². The molecule has 0 spiro atoms. The molecule has 0 radical (unpaired) electrons. The van der Waals surface area contributed by atoms with Gasteiger partial charge in [0.1, 0.15) is 0 Å². The fraction of sp³-hybridized carbons (Fsp3) is 1.00. The van der Waals surface area contributed by atoms with E-state index in [0.717, 1.165) is 23.7 Å². The minimum absolute atomic E-state index is 0.527. The van der Waals surface area contributed by atoms with Crippen molar-refractivity contribution in [1.29, 1.82) is 0 Å². The zero-order chi connectivity index (χ0) is 10.3. The molecule has 0 saturated heterocycles. The summed E-state index contributed by atoms with van der Waals surface area (Å²) in [6.45, 7) is 0. The van der Waals surface area contributed by atoms with E-state index in [1.54, 1.807) is 6.42 Å². The Bertz CT molecular complexity index is 221. The Morgan fingerprint density at radius 3 is 2.40 bits per heavy atom. The van der Waals surface area contributed by atoms with Crippen LogP contribution in [0.15, 0.2) is 0 Å². The molecule has 0 amide bonds. The quantitative estimate of drug-likeness (QED) is 0.752. The second-order valence-corrected chi connectivity index (χ2v) is 6.46. The van der Waals surface area contributed by atoms with Crippen molar-refractivity contribution in [2.45, 2.75) is 63.8 Å². The summed E-state index contributed by atoms with van der Waals surface area (Å²) < 4.78 is 0. The van der Waals surface area contributed by atoms with E-state index in [0.29, 0.717) is 6.04 Å². The van der Waals surface area contributed by atoms with E-state index in [2.05, 4.69) is 0 Å². The molecule has 2 bridgehead atoms. The average molecular weight is 207 g/mol. The second kappa shape index (κ2) is 4.08. The summed E-state index contributed by atoms with van der Waals surface area (Å²) in [6, 6.07) is 0.527. The van der Waals surface area contributed by atoms with Crippen molar-refractivity contribution in [3.63, 3.8) is 0 Å². The van der Waals surface area contributed by atoms with E-state index in [9.17, 15) is 0 Å². The first-order valence-electron chi connectivity index (χ1n) is 7.07. The van der Waals surface area contributed by atoms with Crippen molar-refractivity contribution in [1.82, 2.24) is 0 Å². The van der Waals surface area contributed by atoms with E-state index in [1.807, 2.05) is 0 Å². The normalized spacial score (nSPS) is 41.8. The molecule has 4 atom stereocenters. The standard InChI is InChI=1S/C14H25N/c15-14(8-10-2-1-3-10)9-13-7-11-4-5-12(13)6-11/h10-14H,1-9,15H2. The fourth-order valence-electron chi connectivity index (χ4n) is 4.31. The Labute approximate surface area is 93.8 Å². The van der Waals surface area contributed by atoms with E-state index in [4.69, 9.17) is 5.73 Å². The largest absolute Gasteiger partial charge is 0.328 e. The summed E-state index contributed by atoms with van der Waals surface area (Å²) in [4.78, 5) is 0. The van der Waals surface area contributed by atoms with Crippen LogP contribution in [0.4, 0.5) is 0 Å². The number of rotatable bonds is 4. The summed E-state index contributed by atoms with van der Waals surface area (Å²) in [5, 5.41) is 0. The average Bonchev–Trinajstić information content (AvgIpc) is 2.72. The number of hydrogen-bond donors (Lipinski definition) is 1. The monoisotopic (exact) mass is 207 g/mol. The molecule has 0 aliphatic heterocycles. The van der Waals surface area contributed by atoms with Crippen LogP contribution in [0, 0.1) is 23.7 Å². The van der Waals surface area contributed by atoms with E-state index in [-0.39, 0.29) is 0 Å². The van der Waals surface area contributed by atoms with Gasteiger partial charge in [0, 0.05) is 6.04 Å². The van der Waals surface area contributed by atoms with Crippen LogP contribution in [0.2, 0.25) is 0 Å². The molecule has 3 rings (SSSR count). The molecule has 0 aromatic carbocycles. The first kappa shape index (κ1) is 10.1. The zero-order valence-electron chi connectivity index (χ0n) is 9.83. The Morgan fingerprint density at radius 2 is 1.87 bits per heavy atom. The van der Waals surface area contributed by atoms with E-state index < -0.39 is 0 Å². The zero-order valence-corrected chi connectivity index (χ0v) is 9.83. The van der Waals surface area contributed by atoms with Gasteiger partial charge in [-0.1, -0.05) is 25.7 Å². The van der Waals surface area contributed by atoms with Gasteiger partial charge >= 0.3 is 0 Å². The van der Waals surface area contributed by atoms with Crippen LogP contribution in [0.3, 0.4) is 0 Å². The van der Waals surface area contributed by atoms with E-state index >= 15 is 0 Å². The van der Waals surface area contributed by atoms with Gasteiger partial charge in [0.15, 0.2) is 0 Å². The molecule has 1 nitrogen and oxygen atoms in total. The summed E-state index contributed by atoms with van der Waals surface area (Å²) >= 11 is 0. The lowest BCUT2D eigenvalue weighted by molar-refractivity contribution is 0.236. The van der Waals surface area contributed by atoms with Crippen LogP contribution < -0.4 is 5.73 Å². The van der Waals surface area contributed by atoms with Crippen LogP contribution in [-0.2, 0) is 0 Å². The maximum Gasteiger partial charge on any atom is 0.00442 e. The third-order valence-electron chi connectivity index (χ3n) is 5.35. The Balaban J connectivity index is 1.44. The molecule has 3 saturated carbocycles. The van der Waals surface area contributed by atoms with Crippen molar-refractivity contribution in [2.75, 3.05) is 0 Å². The highest BCUT2D eigenvalue weighted by atomic mass is 14.6. The fourth-order valence-corrected chi connectivity index (χ4v) is 4.31. The molecule has 3 aliphatic rings. The first-order chi connectivity index (χ1) is 7.31. The Hall–Kier alpha value is -0.0400. The van der Waals surface area contributed by atoms with Crippen molar-refractivity contribution in [3.05, 3.63) is 0 Å². The molecular formula is C14H25N. The van der Waals surface area contributed by atoms with Crippen molar-refractivity contribution < 1.29 is 0 Å². The predicted octanol–water partition coefficient (Wildman–Crippen LogP) is 3.33. The van der Waals surface area contributed by atoms with Crippen LogP contribution in [0.5, 0.6) is 0 Å². The van der Waals surface area contributed by atoms with Gasteiger partial charge in [0.25, 0.3) is 0 Å². The third kappa shape index (κ3) is 2.08. The van der Waals surface area contributed by atoms with Crippen LogP contribution in [-0.4, -0.2) is 6.04 Å². The summed E-state index contributed by atoms with van der Waals surface area (Å²) in [5.41, 5.74) is 6.30. The molecule has 1 heteroatoms. The second-order valence-electron chi connectivity index (χ2n) is 6.46. The first-order valence-corrected chi connectivity index (χ1v) is 7.07. The van der Waals surface area contributed by atoms with Gasteiger partial charge in [-0.2, -0.15) is 0 Å². The van der Waals surface area contributed by atoms with Gasteiger partial charge < -0.3 is 5.73 Å². The lowest BCUT2D eigenvalue weighted by atomic mass is 9.77. The Morgan fingerprint density at radius 1 is 1.00 bits per heavy atom. The molecule has 0 heterocycles. The maximum atomic E-state index is 6.30. The molecule has 15 heavy (non-hydrogen) atoms. The van der Waals surface area contributed by atoms with Gasteiger partial charge in [-0.25, -0.2) is 0 Å². The van der Waals surface area contributed by atoms with Crippen molar-refractivity contribution in [3.8, 4) is 0 Å². The summed E-state index contributed by atoms with van der Waals surface area (Å²) in [7, 11) is 0. The molecule has 2 N–H and O–H groups in total. The number of nitrogens with two attached hydrogens (primary N) is 1. The SMILES string of the molecule is NC(CC1CCC1)CC1CC2CCC1C2. The smallest absolute Gasteiger partial charge is 0.00442 e. The van der Waals surface area contributed by atoms with Gasteiger partial charge in [-0.15, -0.1) is 0 Å². The minimum atomic E-state index is 0.527. The number of fused-ring (bicyclic) bond motifs is 2.